The Morgan fingerprint density at radius 2 is 0.676 bits per heavy atom. The highest BCUT2D eigenvalue weighted by Crippen LogP contribution is 2.42. The van der Waals surface area contributed by atoms with Crippen LogP contribution < -0.4 is 0 Å². The van der Waals surface area contributed by atoms with Gasteiger partial charge in [0, 0.05) is 14.2 Å². The molecule has 0 radical (unpaired) electrons. The minimum atomic E-state index is 0.572. The summed E-state index contributed by atoms with van der Waals surface area (Å²) in [4.78, 5) is 0. The highest BCUT2D eigenvalue weighted by atomic mass is 16.5. The lowest BCUT2D eigenvalue weighted by Crippen LogP contribution is -2.28. The Morgan fingerprint density at radius 3 is 0.912 bits per heavy atom. The third-order valence-corrected chi connectivity index (χ3v) is 10.6. The average molecular weight is 477 g/mol. The van der Waals surface area contributed by atoms with Crippen LogP contribution in [0.15, 0.2) is 0 Å². The maximum atomic E-state index is 5.48. The molecule has 0 spiro atoms. The fourth-order valence-electron chi connectivity index (χ4n) is 8.30. The Kier molecular flexibility index (Phi) is 13.3. The van der Waals surface area contributed by atoms with E-state index in [-0.39, 0.29) is 0 Å². The molecule has 0 N–H and O–H groups in total. The van der Waals surface area contributed by atoms with Gasteiger partial charge in [-0.05, 0) is 113 Å². The van der Waals surface area contributed by atoms with Gasteiger partial charge in [-0.3, -0.25) is 0 Å². The zero-order valence-electron chi connectivity index (χ0n) is 23.6. The third kappa shape index (κ3) is 9.10. The van der Waals surface area contributed by atoms with Crippen LogP contribution in [0, 0.1) is 35.5 Å². The quantitative estimate of drug-likeness (QED) is 0.347. The third-order valence-electron chi connectivity index (χ3n) is 10.6. The van der Waals surface area contributed by atoms with Crippen molar-refractivity contribution in [3.63, 3.8) is 0 Å². The summed E-state index contributed by atoms with van der Waals surface area (Å²) in [5.41, 5.74) is 0. The summed E-state index contributed by atoms with van der Waals surface area (Å²) in [6.45, 7) is 4.66. The second-order valence-electron chi connectivity index (χ2n) is 12.7. The van der Waals surface area contributed by atoms with Crippen LogP contribution >= 0.6 is 0 Å². The molecule has 0 heterocycles. The lowest BCUT2D eigenvalue weighted by Gasteiger charge is -2.37. The predicted octanol–water partition coefficient (Wildman–Crippen LogP) is 9.60. The summed E-state index contributed by atoms with van der Waals surface area (Å²) in [6.07, 6.45) is 30.0. The molecule has 0 aromatic carbocycles. The van der Waals surface area contributed by atoms with E-state index in [0.29, 0.717) is 12.2 Å². The fraction of sp³-hybridized carbons (Fsp3) is 1.00. The molecule has 4 aliphatic carbocycles. The minimum absolute atomic E-state index is 0.572. The molecule has 4 rings (SSSR count). The first kappa shape index (κ1) is 28.5. The molecule has 0 amide bonds. The Morgan fingerprint density at radius 1 is 0.412 bits per heavy atom. The van der Waals surface area contributed by atoms with Crippen LogP contribution in [0.2, 0.25) is 0 Å². The Balaban J connectivity index is 0.000000191. The molecule has 4 saturated carbocycles. The van der Waals surface area contributed by atoms with Gasteiger partial charge < -0.3 is 9.47 Å². The second kappa shape index (κ2) is 15.9. The monoisotopic (exact) mass is 476 g/mol. The molecule has 0 saturated heterocycles. The van der Waals surface area contributed by atoms with Gasteiger partial charge >= 0.3 is 0 Å². The molecule has 0 unspecified atom stereocenters. The Hall–Kier alpha value is -0.0800. The van der Waals surface area contributed by atoms with E-state index in [1.165, 1.54) is 128 Å². The number of ether oxygens (including phenoxy) is 2. The van der Waals surface area contributed by atoms with E-state index in [2.05, 4.69) is 13.8 Å². The fourth-order valence-corrected chi connectivity index (χ4v) is 8.30. The van der Waals surface area contributed by atoms with Crippen LogP contribution in [0.25, 0.3) is 0 Å². The number of hydrogen-bond donors (Lipinski definition) is 0. The maximum Gasteiger partial charge on any atom is 0.0571 e. The average Bonchev–Trinajstić information content (AvgIpc) is 2.90. The topological polar surface area (TPSA) is 18.5 Å². The van der Waals surface area contributed by atoms with Crippen molar-refractivity contribution >= 4 is 0 Å². The van der Waals surface area contributed by atoms with E-state index in [0.717, 1.165) is 35.5 Å². The summed E-state index contributed by atoms with van der Waals surface area (Å²) in [6, 6.07) is 0. The molecule has 0 atom stereocenters. The summed E-state index contributed by atoms with van der Waals surface area (Å²) in [5.74, 6) is 6.30. The van der Waals surface area contributed by atoms with Gasteiger partial charge in [0.2, 0.25) is 0 Å². The molecular formula is C32H60O2. The van der Waals surface area contributed by atoms with E-state index in [1.807, 2.05) is 14.2 Å². The van der Waals surface area contributed by atoms with E-state index in [9.17, 15) is 0 Å². The highest BCUT2D eigenvalue weighted by Gasteiger charge is 2.31. The van der Waals surface area contributed by atoms with Gasteiger partial charge in [0.15, 0.2) is 0 Å². The molecule has 0 aromatic rings. The van der Waals surface area contributed by atoms with Gasteiger partial charge in [-0.2, -0.15) is 0 Å². The van der Waals surface area contributed by atoms with Crippen molar-refractivity contribution in [1.29, 1.82) is 0 Å². The normalized spacial score (nSPS) is 39.2. The Bertz CT molecular complexity index is 441. The van der Waals surface area contributed by atoms with Crippen LogP contribution in [-0.2, 0) is 9.47 Å². The van der Waals surface area contributed by atoms with E-state index >= 15 is 0 Å². The van der Waals surface area contributed by atoms with Crippen molar-refractivity contribution in [2.75, 3.05) is 14.2 Å². The standard InChI is InChI=1S/2C16H30O/c2*1-3-4-13-5-7-14(8-6-13)15-9-11-16(17-2)12-10-15/h2*13-16H,3-12H2,1-2H3. The first-order valence-corrected chi connectivity index (χ1v) is 15.7. The van der Waals surface area contributed by atoms with Gasteiger partial charge in [0.25, 0.3) is 0 Å². The minimum Gasteiger partial charge on any atom is -0.381 e. The molecule has 200 valence electrons. The largest absolute Gasteiger partial charge is 0.381 e. The lowest BCUT2D eigenvalue weighted by atomic mass is 9.70. The van der Waals surface area contributed by atoms with Crippen molar-refractivity contribution < 1.29 is 9.47 Å². The molecule has 2 heteroatoms. The van der Waals surface area contributed by atoms with Crippen LogP contribution in [0.5, 0.6) is 0 Å². The first-order valence-electron chi connectivity index (χ1n) is 15.7. The summed E-state index contributed by atoms with van der Waals surface area (Å²) < 4.78 is 11.0. The van der Waals surface area contributed by atoms with Gasteiger partial charge in [-0.1, -0.05) is 65.2 Å². The molecule has 34 heavy (non-hydrogen) atoms. The van der Waals surface area contributed by atoms with Gasteiger partial charge in [0.1, 0.15) is 0 Å². The Labute approximate surface area is 213 Å². The molecule has 4 aliphatic rings. The van der Waals surface area contributed by atoms with Crippen LogP contribution in [0.4, 0.5) is 0 Å². The number of rotatable bonds is 8. The molecular weight excluding hydrogens is 416 g/mol. The van der Waals surface area contributed by atoms with Crippen molar-refractivity contribution in [1.82, 2.24) is 0 Å². The zero-order chi connectivity index (χ0) is 24.2. The second-order valence-corrected chi connectivity index (χ2v) is 12.7. The van der Waals surface area contributed by atoms with Gasteiger partial charge in [0.05, 0.1) is 12.2 Å². The smallest absolute Gasteiger partial charge is 0.0571 e. The van der Waals surface area contributed by atoms with Crippen LogP contribution in [0.1, 0.15) is 142 Å². The van der Waals surface area contributed by atoms with Gasteiger partial charge in [-0.25, -0.2) is 0 Å². The molecule has 0 aromatic heterocycles. The summed E-state index contributed by atoms with van der Waals surface area (Å²) in [7, 11) is 3.75. The predicted molar refractivity (Wildman–Crippen MR) is 146 cm³/mol. The van der Waals surface area contributed by atoms with E-state index < -0.39 is 0 Å². The number of hydrogen-bond acceptors (Lipinski definition) is 2. The van der Waals surface area contributed by atoms with E-state index in [4.69, 9.17) is 9.47 Å². The summed E-state index contributed by atoms with van der Waals surface area (Å²) >= 11 is 0. The van der Waals surface area contributed by atoms with Gasteiger partial charge in [-0.15, -0.1) is 0 Å². The molecule has 4 fully saturated rings. The van der Waals surface area contributed by atoms with E-state index in [1.54, 1.807) is 0 Å². The molecule has 0 aliphatic heterocycles. The van der Waals surface area contributed by atoms with Crippen molar-refractivity contribution in [3.8, 4) is 0 Å². The van der Waals surface area contributed by atoms with Crippen LogP contribution in [0.3, 0.4) is 0 Å². The van der Waals surface area contributed by atoms with Crippen molar-refractivity contribution in [2.45, 2.75) is 154 Å². The number of methoxy groups -OCH3 is 2. The van der Waals surface area contributed by atoms with Crippen molar-refractivity contribution in [2.24, 2.45) is 35.5 Å². The van der Waals surface area contributed by atoms with Crippen LogP contribution in [-0.4, -0.2) is 26.4 Å². The molecule has 0 bridgehead atoms. The zero-order valence-corrected chi connectivity index (χ0v) is 23.6. The molecule has 2 nitrogen and oxygen atoms in total. The lowest BCUT2D eigenvalue weighted by molar-refractivity contribution is 0.0391. The first-order chi connectivity index (χ1) is 16.7. The summed E-state index contributed by atoms with van der Waals surface area (Å²) in [5, 5.41) is 0. The van der Waals surface area contributed by atoms with Crippen molar-refractivity contribution in [3.05, 3.63) is 0 Å². The highest BCUT2D eigenvalue weighted by molar-refractivity contribution is 4.83. The maximum absolute atomic E-state index is 5.48. The SMILES string of the molecule is CCCC1CCC(C2CCC(OC)CC2)CC1.CCCC1CCC(C2CCC(OC)CC2)CC1.